The van der Waals surface area contributed by atoms with Gasteiger partial charge in [0.2, 0.25) is 0 Å². The Kier molecular flexibility index (Phi) is 6.33. The van der Waals surface area contributed by atoms with Crippen molar-refractivity contribution in [2.24, 2.45) is 0 Å². The lowest BCUT2D eigenvalue weighted by molar-refractivity contribution is 0.0729. The smallest absolute Gasteiger partial charge is 0.343 e. The summed E-state index contributed by atoms with van der Waals surface area (Å²) in [5.74, 6) is 0.186. The van der Waals surface area contributed by atoms with Gasteiger partial charge in [-0.25, -0.2) is 4.79 Å². The molecule has 1 atom stereocenters. The molecule has 0 fully saturated rings. The Morgan fingerprint density at radius 2 is 1.97 bits per heavy atom. The van der Waals surface area contributed by atoms with Gasteiger partial charge in [0.25, 0.3) is 5.91 Å². The molecule has 0 saturated heterocycles. The highest BCUT2D eigenvalue weighted by Crippen LogP contribution is 2.41. The Balaban J connectivity index is 1.37. The molecule has 0 spiro atoms. The van der Waals surface area contributed by atoms with Crippen molar-refractivity contribution in [2.75, 3.05) is 25.5 Å². The normalized spacial score (nSPS) is 17.3. The Morgan fingerprint density at radius 3 is 2.71 bits per heavy atom. The van der Waals surface area contributed by atoms with E-state index in [-0.39, 0.29) is 5.91 Å². The van der Waals surface area contributed by atoms with Gasteiger partial charge < -0.3 is 20.1 Å². The number of esters is 1. The van der Waals surface area contributed by atoms with Gasteiger partial charge in [-0.3, -0.25) is 9.69 Å². The van der Waals surface area contributed by atoms with Crippen molar-refractivity contribution in [2.45, 2.75) is 26.1 Å². The molecule has 1 amide bonds. The number of amides is 1. The third-order valence-corrected chi connectivity index (χ3v) is 7.84. The topological polar surface area (TPSA) is 79.9 Å². The number of hydrogen-bond acceptors (Lipinski definition) is 7. The van der Waals surface area contributed by atoms with Gasteiger partial charge in [-0.1, -0.05) is 28.9 Å². The van der Waals surface area contributed by atoms with E-state index in [9.17, 15) is 9.59 Å². The number of benzene rings is 2. The number of fused-ring (bicyclic) bond motifs is 3. The largest absolute Gasteiger partial charge is 0.493 e. The molecular weight excluding hydrogens is 518 g/mol. The molecule has 7 nitrogen and oxygen atoms in total. The highest BCUT2D eigenvalue weighted by atomic mass is 79.9. The van der Waals surface area contributed by atoms with Crippen LogP contribution in [0.4, 0.5) is 5.00 Å². The molecule has 0 unspecified atom stereocenters. The lowest BCUT2D eigenvalue weighted by Crippen LogP contribution is -2.38. The number of anilines is 1. The van der Waals surface area contributed by atoms with Gasteiger partial charge in [0.05, 0.1) is 18.2 Å². The molecule has 9 heteroatoms. The van der Waals surface area contributed by atoms with Gasteiger partial charge in [0.1, 0.15) is 11.2 Å². The fourth-order valence-electron chi connectivity index (χ4n) is 4.30. The summed E-state index contributed by atoms with van der Waals surface area (Å²) in [4.78, 5) is 29.2. The maximum Gasteiger partial charge on any atom is 0.343 e. The standard InChI is InChI=1S/C25H24BrN3O4S/c1-3-29-11-10-17-20(13-29)34-24-21(17)23(30)27-22(28-24)15-6-9-18(19(12-15)32-2)33-25(31)14-4-7-16(26)8-5-14/h4-9,12,22,28H,3,10-11,13H2,1-2H3,(H,27,30)/t22-/m0/s1. The first-order valence-corrected chi connectivity index (χ1v) is 12.7. The molecule has 34 heavy (non-hydrogen) atoms. The first-order valence-electron chi connectivity index (χ1n) is 11.1. The molecule has 1 aromatic heterocycles. The maximum atomic E-state index is 13.0. The number of thiophene rings is 1. The van der Waals surface area contributed by atoms with Crippen LogP contribution in [0.1, 0.15) is 49.8 Å². The fraction of sp³-hybridized carbons (Fsp3) is 0.280. The molecule has 3 heterocycles. The minimum atomic E-state index is -0.474. The van der Waals surface area contributed by atoms with Crippen molar-refractivity contribution in [3.05, 3.63) is 74.1 Å². The molecule has 2 aliphatic rings. The van der Waals surface area contributed by atoms with Crippen LogP contribution in [0, 0.1) is 0 Å². The molecule has 0 radical (unpaired) electrons. The minimum absolute atomic E-state index is 0.0640. The van der Waals surface area contributed by atoms with Gasteiger partial charge in [0.15, 0.2) is 11.5 Å². The van der Waals surface area contributed by atoms with E-state index in [1.807, 2.05) is 6.07 Å². The van der Waals surface area contributed by atoms with Crippen molar-refractivity contribution >= 4 is 44.1 Å². The van der Waals surface area contributed by atoms with Crippen LogP contribution in [-0.4, -0.2) is 37.0 Å². The molecule has 0 bridgehead atoms. The van der Waals surface area contributed by atoms with E-state index in [1.165, 1.54) is 17.6 Å². The van der Waals surface area contributed by atoms with Crippen LogP contribution >= 0.6 is 27.3 Å². The zero-order chi connectivity index (χ0) is 23.8. The van der Waals surface area contributed by atoms with E-state index < -0.39 is 12.1 Å². The molecule has 2 aromatic carbocycles. The highest BCUT2D eigenvalue weighted by molar-refractivity contribution is 9.10. The number of nitrogens with one attached hydrogen (secondary N) is 2. The molecule has 5 rings (SSSR count). The number of rotatable bonds is 5. The third-order valence-electron chi connectivity index (χ3n) is 6.16. The molecule has 2 aliphatic heterocycles. The van der Waals surface area contributed by atoms with Crippen LogP contribution in [-0.2, 0) is 13.0 Å². The van der Waals surface area contributed by atoms with Crippen molar-refractivity contribution in [1.29, 1.82) is 0 Å². The molecule has 0 saturated carbocycles. The summed E-state index contributed by atoms with van der Waals surface area (Å²) >= 11 is 5.02. The summed E-state index contributed by atoms with van der Waals surface area (Å²) in [6.07, 6.45) is 0.480. The van der Waals surface area contributed by atoms with Gasteiger partial charge in [-0.15, -0.1) is 11.3 Å². The summed E-state index contributed by atoms with van der Waals surface area (Å²) < 4.78 is 11.9. The lowest BCUT2D eigenvalue weighted by Gasteiger charge is -2.28. The summed E-state index contributed by atoms with van der Waals surface area (Å²) in [5.41, 5.74) is 3.19. The monoisotopic (exact) mass is 541 g/mol. The number of methoxy groups -OCH3 is 1. The van der Waals surface area contributed by atoms with Crippen LogP contribution in [0.3, 0.4) is 0 Å². The summed E-state index contributed by atoms with van der Waals surface area (Å²) in [6.45, 7) is 5.02. The SMILES string of the molecule is CCN1CCc2c(sc3c2C(=O)N[C@H](c2ccc(OC(=O)c4ccc(Br)cc4)c(OC)c2)N3)C1. The van der Waals surface area contributed by atoms with Gasteiger partial charge in [0, 0.05) is 22.4 Å². The van der Waals surface area contributed by atoms with Gasteiger partial charge in [-0.2, -0.15) is 0 Å². The second-order valence-electron chi connectivity index (χ2n) is 8.18. The van der Waals surface area contributed by atoms with Crippen molar-refractivity contribution in [3.63, 3.8) is 0 Å². The van der Waals surface area contributed by atoms with Crippen LogP contribution in [0.5, 0.6) is 11.5 Å². The van der Waals surface area contributed by atoms with E-state index in [2.05, 4.69) is 38.4 Å². The maximum absolute atomic E-state index is 13.0. The fourth-order valence-corrected chi connectivity index (χ4v) is 5.88. The van der Waals surface area contributed by atoms with Crippen LogP contribution in [0.25, 0.3) is 0 Å². The van der Waals surface area contributed by atoms with E-state index >= 15 is 0 Å². The molecule has 3 aromatic rings. The minimum Gasteiger partial charge on any atom is -0.493 e. The predicted molar refractivity (Wildman–Crippen MR) is 135 cm³/mol. The van der Waals surface area contributed by atoms with E-state index in [4.69, 9.17) is 9.47 Å². The Morgan fingerprint density at radius 1 is 1.18 bits per heavy atom. The Labute approximate surface area is 210 Å². The van der Waals surface area contributed by atoms with Crippen molar-refractivity contribution in [1.82, 2.24) is 10.2 Å². The highest BCUT2D eigenvalue weighted by Gasteiger charge is 2.33. The van der Waals surface area contributed by atoms with E-state index in [0.29, 0.717) is 17.1 Å². The van der Waals surface area contributed by atoms with E-state index in [1.54, 1.807) is 47.7 Å². The number of hydrogen-bond donors (Lipinski definition) is 2. The van der Waals surface area contributed by atoms with Crippen molar-refractivity contribution < 1.29 is 19.1 Å². The second-order valence-corrected chi connectivity index (χ2v) is 10.2. The first kappa shape index (κ1) is 22.9. The Hall–Kier alpha value is -2.88. The zero-order valence-corrected chi connectivity index (χ0v) is 21.2. The summed E-state index contributed by atoms with van der Waals surface area (Å²) in [7, 11) is 1.52. The first-order chi connectivity index (χ1) is 16.5. The average molecular weight is 542 g/mol. The van der Waals surface area contributed by atoms with Gasteiger partial charge >= 0.3 is 5.97 Å². The van der Waals surface area contributed by atoms with Crippen LogP contribution in [0.2, 0.25) is 0 Å². The average Bonchev–Trinajstić information content (AvgIpc) is 3.22. The third kappa shape index (κ3) is 4.31. The lowest BCUT2D eigenvalue weighted by atomic mass is 10.0. The van der Waals surface area contributed by atoms with Gasteiger partial charge in [-0.05, 0) is 60.5 Å². The number of nitrogens with zero attached hydrogens (tertiary/aromatic N) is 1. The molecular formula is C25H24BrN3O4S. The van der Waals surface area contributed by atoms with Crippen LogP contribution in [0.15, 0.2) is 46.9 Å². The van der Waals surface area contributed by atoms with E-state index in [0.717, 1.165) is 46.7 Å². The zero-order valence-electron chi connectivity index (χ0n) is 18.8. The molecule has 176 valence electrons. The molecule has 0 aliphatic carbocycles. The summed E-state index contributed by atoms with van der Waals surface area (Å²) in [6, 6.07) is 12.2. The summed E-state index contributed by atoms with van der Waals surface area (Å²) in [5, 5.41) is 7.45. The van der Waals surface area contributed by atoms with Crippen molar-refractivity contribution in [3.8, 4) is 11.5 Å². The quantitative estimate of drug-likeness (QED) is 0.350. The number of carbonyl (C=O) groups is 2. The second kappa shape index (κ2) is 9.40. The number of likely N-dealkylation sites (N-methyl/N-ethyl adjacent to an activating group) is 1. The molecule has 2 N–H and O–H groups in total. The Bertz CT molecular complexity index is 1260. The predicted octanol–water partition coefficient (Wildman–Crippen LogP) is 4.97. The number of carbonyl (C=O) groups excluding carboxylic acids is 2. The number of ether oxygens (including phenoxy) is 2. The number of halogens is 1. The van der Waals surface area contributed by atoms with Crippen LogP contribution < -0.4 is 20.1 Å².